The Morgan fingerprint density at radius 1 is 1.41 bits per heavy atom. The third kappa shape index (κ3) is 2.41. The van der Waals surface area contributed by atoms with Gasteiger partial charge in [-0.2, -0.15) is 0 Å². The van der Waals surface area contributed by atoms with Crippen LogP contribution in [-0.2, 0) is 0 Å². The van der Waals surface area contributed by atoms with Crippen LogP contribution in [0.4, 0.5) is 5.69 Å². The molecule has 0 spiro atoms. The Morgan fingerprint density at radius 3 is 2.65 bits per heavy atom. The van der Waals surface area contributed by atoms with Crippen molar-refractivity contribution >= 4 is 47.3 Å². The van der Waals surface area contributed by atoms with Gasteiger partial charge in [-0.25, -0.2) is 0 Å². The highest BCUT2D eigenvalue weighted by Crippen LogP contribution is 2.48. The first-order valence-electron chi connectivity index (χ1n) is 5.68. The summed E-state index contributed by atoms with van der Waals surface area (Å²) in [6.07, 6.45) is 0. The Labute approximate surface area is 118 Å². The number of benzene rings is 1. The molecule has 0 fully saturated rings. The van der Waals surface area contributed by atoms with Gasteiger partial charge in [-0.05, 0) is 26.0 Å². The highest BCUT2D eigenvalue weighted by molar-refractivity contribution is 8.14. The molecule has 17 heavy (non-hydrogen) atoms. The number of thioether (sulfide) groups is 1. The maximum Gasteiger partial charge on any atom is 0.184 e. The van der Waals surface area contributed by atoms with Crippen LogP contribution in [-0.4, -0.2) is 27.2 Å². The number of fused-ring (bicyclic) bond motifs is 1. The molecule has 0 radical (unpaired) electrons. The number of anilines is 1. The average Bonchev–Trinajstić information content (AvgIpc) is 2.68. The third-order valence-electron chi connectivity index (χ3n) is 2.79. The van der Waals surface area contributed by atoms with E-state index in [1.54, 1.807) is 11.8 Å². The van der Waals surface area contributed by atoms with E-state index in [-0.39, 0.29) is 0 Å². The number of thiocarbonyl (C=S) groups is 1. The molecule has 5 heteroatoms. The molecular weight excluding hydrogens is 268 g/mol. The summed E-state index contributed by atoms with van der Waals surface area (Å²) in [6, 6.07) is 8.21. The quantitative estimate of drug-likeness (QED) is 0.652. The Bertz CT molecular complexity index is 405. The molecule has 1 unspecified atom stereocenters. The molecule has 92 valence electrons. The highest BCUT2D eigenvalue weighted by atomic mass is 32.2. The second-order valence-corrected chi connectivity index (χ2v) is 6.46. The number of likely N-dealkylation sites (N-methyl/N-ethyl adjacent to an activating group) is 1. The first kappa shape index (κ1) is 13.1. The molecule has 1 aromatic carbocycles. The van der Waals surface area contributed by atoms with Crippen LogP contribution in [0.15, 0.2) is 29.2 Å². The maximum atomic E-state index is 5.56. The van der Waals surface area contributed by atoms with Crippen molar-refractivity contribution in [3.8, 4) is 0 Å². The van der Waals surface area contributed by atoms with Crippen molar-refractivity contribution in [2.45, 2.75) is 22.9 Å². The standard InChI is InChI=1S/C12H16N2S3/c1-3-14(4-2)11(15)12(16)13-9-7-5-6-8-10(9)17-12/h5-8,13,16H,3-4H2,1-2H3. The number of para-hydroxylation sites is 1. The van der Waals surface area contributed by atoms with Crippen LogP contribution in [0.2, 0.25) is 0 Å². The van der Waals surface area contributed by atoms with Crippen molar-refractivity contribution in [1.82, 2.24) is 4.90 Å². The lowest BCUT2D eigenvalue weighted by molar-refractivity contribution is 0.466. The smallest absolute Gasteiger partial charge is 0.184 e. The Morgan fingerprint density at radius 2 is 2.06 bits per heavy atom. The molecule has 1 heterocycles. The molecule has 0 saturated heterocycles. The molecule has 1 aliphatic heterocycles. The zero-order chi connectivity index (χ0) is 12.5. The Balaban J connectivity index is 2.22. The van der Waals surface area contributed by atoms with E-state index in [2.05, 4.69) is 36.2 Å². The summed E-state index contributed by atoms with van der Waals surface area (Å²) < 4.78 is -0.495. The molecule has 1 aliphatic rings. The summed E-state index contributed by atoms with van der Waals surface area (Å²) in [5, 5.41) is 3.40. The van der Waals surface area contributed by atoms with Crippen molar-refractivity contribution in [2.75, 3.05) is 18.4 Å². The zero-order valence-corrected chi connectivity index (χ0v) is 12.5. The highest BCUT2D eigenvalue weighted by Gasteiger charge is 2.40. The summed E-state index contributed by atoms with van der Waals surface area (Å²) in [5.74, 6) is 0. The minimum absolute atomic E-state index is 0.495. The van der Waals surface area contributed by atoms with Crippen LogP contribution < -0.4 is 5.32 Å². The fourth-order valence-electron chi connectivity index (χ4n) is 1.85. The molecule has 0 aliphatic carbocycles. The molecule has 1 atom stereocenters. The van der Waals surface area contributed by atoms with E-state index < -0.39 is 4.20 Å². The number of hydrogen-bond donors (Lipinski definition) is 2. The molecule has 2 rings (SSSR count). The van der Waals surface area contributed by atoms with E-state index in [0.29, 0.717) is 0 Å². The number of rotatable bonds is 3. The van der Waals surface area contributed by atoms with E-state index >= 15 is 0 Å². The van der Waals surface area contributed by atoms with Crippen LogP contribution in [0, 0.1) is 0 Å². The third-order valence-corrected chi connectivity index (χ3v) is 5.40. The van der Waals surface area contributed by atoms with Gasteiger partial charge in [0.15, 0.2) is 4.20 Å². The summed E-state index contributed by atoms with van der Waals surface area (Å²) in [6.45, 7) is 6.05. The van der Waals surface area contributed by atoms with Gasteiger partial charge in [-0.15, -0.1) is 12.6 Å². The van der Waals surface area contributed by atoms with E-state index in [4.69, 9.17) is 24.8 Å². The Kier molecular flexibility index (Phi) is 3.90. The van der Waals surface area contributed by atoms with E-state index in [0.717, 1.165) is 23.8 Å². The van der Waals surface area contributed by atoms with Gasteiger partial charge in [0.2, 0.25) is 0 Å². The van der Waals surface area contributed by atoms with Crippen LogP contribution in [0.1, 0.15) is 13.8 Å². The van der Waals surface area contributed by atoms with E-state index in [1.165, 1.54) is 4.90 Å². The second-order valence-electron chi connectivity index (χ2n) is 3.84. The molecule has 0 amide bonds. The minimum Gasteiger partial charge on any atom is -0.363 e. The largest absolute Gasteiger partial charge is 0.363 e. The first-order valence-corrected chi connectivity index (χ1v) is 7.36. The van der Waals surface area contributed by atoms with Crippen LogP contribution in [0.25, 0.3) is 0 Å². The lowest BCUT2D eigenvalue weighted by Crippen LogP contribution is -2.45. The molecule has 0 saturated carbocycles. The summed E-state index contributed by atoms with van der Waals surface area (Å²) in [7, 11) is 0. The van der Waals surface area contributed by atoms with Gasteiger partial charge in [0.25, 0.3) is 0 Å². The fourth-order valence-corrected chi connectivity index (χ4v) is 3.91. The predicted molar refractivity (Wildman–Crippen MR) is 83.2 cm³/mol. The fraction of sp³-hybridized carbons (Fsp3) is 0.417. The predicted octanol–water partition coefficient (Wildman–Crippen LogP) is 3.46. The normalized spacial score (nSPS) is 21.8. The van der Waals surface area contributed by atoms with Crippen LogP contribution >= 0.6 is 36.6 Å². The maximum absolute atomic E-state index is 5.56. The summed E-state index contributed by atoms with van der Waals surface area (Å²) >= 11 is 12.0. The molecule has 1 aromatic rings. The van der Waals surface area contributed by atoms with E-state index in [1.807, 2.05) is 12.1 Å². The van der Waals surface area contributed by atoms with Gasteiger partial charge < -0.3 is 10.2 Å². The topological polar surface area (TPSA) is 15.3 Å². The average molecular weight is 284 g/mol. The molecule has 1 N–H and O–H groups in total. The molecular formula is C12H16N2S3. The van der Waals surface area contributed by atoms with Crippen LogP contribution in [0.3, 0.4) is 0 Å². The van der Waals surface area contributed by atoms with Gasteiger partial charge >= 0.3 is 0 Å². The lowest BCUT2D eigenvalue weighted by atomic mass is 10.3. The van der Waals surface area contributed by atoms with Crippen molar-refractivity contribution in [1.29, 1.82) is 0 Å². The monoisotopic (exact) mass is 284 g/mol. The SMILES string of the molecule is CCN(CC)C(=S)C1(S)Nc2ccccc2S1. The Hall–Kier alpha value is -0.390. The van der Waals surface area contributed by atoms with Crippen molar-refractivity contribution < 1.29 is 0 Å². The van der Waals surface area contributed by atoms with Crippen LogP contribution in [0.5, 0.6) is 0 Å². The second kappa shape index (κ2) is 5.08. The lowest BCUT2D eigenvalue weighted by Gasteiger charge is -2.32. The van der Waals surface area contributed by atoms with Crippen molar-refractivity contribution in [3.05, 3.63) is 24.3 Å². The molecule has 0 aromatic heterocycles. The molecule has 2 nitrogen and oxygen atoms in total. The summed E-state index contributed by atoms with van der Waals surface area (Å²) in [5.41, 5.74) is 1.11. The number of thiol groups is 1. The molecule has 0 bridgehead atoms. The number of nitrogens with one attached hydrogen (secondary N) is 1. The van der Waals surface area contributed by atoms with Crippen molar-refractivity contribution in [3.63, 3.8) is 0 Å². The number of hydrogen-bond acceptors (Lipinski definition) is 4. The van der Waals surface area contributed by atoms with Gasteiger partial charge in [-0.1, -0.05) is 36.1 Å². The summed E-state index contributed by atoms with van der Waals surface area (Å²) in [4.78, 5) is 4.22. The van der Waals surface area contributed by atoms with Gasteiger partial charge in [-0.3, -0.25) is 0 Å². The number of nitrogens with zero attached hydrogens (tertiary/aromatic N) is 1. The van der Waals surface area contributed by atoms with Gasteiger partial charge in [0, 0.05) is 23.7 Å². The minimum atomic E-state index is -0.495. The van der Waals surface area contributed by atoms with Gasteiger partial charge in [0.1, 0.15) is 4.99 Å². The zero-order valence-electron chi connectivity index (χ0n) is 9.93. The van der Waals surface area contributed by atoms with Crippen molar-refractivity contribution in [2.24, 2.45) is 0 Å². The van der Waals surface area contributed by atoms with Gasteiger partial charge in [0.05, 0.1) is 0 Å². The van der Waals surface area contributed by atoms with E-state index in [9.17, 15) is 0 Å². The first-order chi connectivity index (χ1) is 8.10.